The number of carbonyl (C=O) groups excluding carboxylic acids is 2. The first-order valence-electron chi connectivity index (χ1n) is 5.78. The van der Waals surface area contributed by atoms with Crippen LogP contribution in [-0.2, 0) is 9.53 Å². The second-order valence-electron chi connectivity index (χ2n) is 4.91. The highest BCUT2D eigenvalue weighted by Crippen LogP contribution is 2.08. The summed E-state index contributed by atoms with van der Waals surface area (Å²) in [6.45, 7) is 5.00. The molecule has 0 fully saturated rings. The molecule has 1 aromatic rings. The van der Waals surface area contributed by atoms with Gasteiger partial charge in [0.25, 0.3) is 0 Å². The number of nitrogens with one attached hydrogen (secondary N) is 2. The first kappa shape index (κ1) is 14.9. The minimum Gasteiger partial charge on any atom is -0.444 e. The molecule has 2 amide bonds. The molecule has 0 bridgehead atoms. The van der Waals surface area contributed by atoms with Crippen LogP contribution in [0.2, 0.25) is 0 Å². The molecular formula is C13H17FN2O3. The summed E-state index contributed by atoms with van der Waals surface area (Å²) in [5.74, 6) is -0.887. The number of hydrogen-bond acceptors (Lipinski definition) is 4. The number of anilines is 1. The van der Waals surface area contributed by atoms with Crippen molar-refractivity contribution in [3.05, 3.63) is 30.1 Å². The molecule has 1 aromatic carbocycles. The molecule has 19 heavy (non-hydrogen) atoms. The quantitative estimate of drug-likeness (QED) is 0.882. The predicted octanol–water partition coefficient (Wildman–Crippen LogP) is 2.29. The number of ether oxygens (including phenoxy) is 1. The van der Waals surface area contributed by atoms with Gasteiger partial charge in [0.1, 0.15) is 11.4 Å². The van der Waals surface area contributed by atoms with Gasteiger partial charge in [0.15, 0.2) is 0 Å². The molecule has 0 aliphatic carbocycles. The fraction of sp³-hybridized carbons (Fsp3) is 0.385. The normalized spacial score (nSPS) is 10.7. The first-order chi connectivity index (χ1) is 8.76. The standard InChI is InChI=1S/C13H17FN2O3/c1-13(2,3)19-12(18)16-11(17)8-15-10-6-4-9(14)5-7-10/h4-7,15H,8H2,1-3H3,(H,16,17,18). The zero-order valence-electron chi connectivity index (χ0n) is 11.1. The summed E-state index contributed by atoms with van der Waals surface area (Å²) < 4.78 is 17.6. The van der Waals surface area contributed by atoms with Gasteiger partial charge in [-0.3, -0.25) is 10.1 Å². The van der Waals surface area contributed by atoms with Crippen LogP contribution >= 0.6 is 0 Å². The van der Waals surface area contributed by atoms with Gasteiger partial charge in [0.05, 0.1) is 6.54 Å². The fourth-order valence-electron chi connectivity index (χ4n) is 1.21. The summed E-state index contributed by atoms with van der Waals surface area (Å²) in [4.78, 5) is 22.7. The maximum absolute atomic E-state index is 12.6. The van der Waals surface area contributed by atoms with E-state index in [9.17, 15) is 14.0 Å². The summed E-state index contributed by atoms with van der Waals surface area (Å²) in [5, 5.41) is 4.83. The van der Waals surface area contributed by atoms with E-state index in [0.717, 1.165) is 0 Å². The predicted molar refractivity (Wildman–Crippen MR) is 69.3 cm³/mol. The minimum atomic E-state index is -0.793. The fourth-order valence-corrected chi connectivity index (χ4v) is 1.21. The molecule has 0 spiro atoms. The van der Waals surface area contributed by atoms with Gasteiger partial charge in [-0.2, -0.15) is 0 Å². The monoisotopic (exact) mass is 268 g/mol. The highest BCUT2D eigenvalue weighted by molar-refractivity contribution is 5.94. The van der Waals surface area contributed by atoms with Crippen LogP contribution in [0, 0.1) is 5.82 Å². The molecule has 104 valence electrons. The van der Waals surface area contributed by atoms with Crippen molar-refractivity contribution in [3.8, 4) is 0 Å². The van der Waals surface area contributed by atoms with Gasteiger partial charge in [-0.1, -0.05) is 0 Å². The average molecular weight is 268 g/mol. The second kappa shape index (κ2) is 6.17. The van der Waals surface area contributed by atoms with Gasteiger partial charge >= 0.3 is 6.09 Å². The molecule has 0 radical (unpaired) electrons. The van der Waals surface area contributed by atoms with Crippen molar-refractivity contribution in [2.45, 2.75) is 26.4 Å². The molecule has 0 unspecified atom stereocenters. The van der Waals surface area contributed by atoms with Crippen molar-refractivity contribution >= 4 is 17.7 Å². The summed E-state index contributed by atoms with van der Waals surface area (Å²) in [7, 11) is 0. The molecule has 0 aliphatic rings. The van der Waals surface area contributed by atoms with E-state index in [1.54, 1.807) is 20.8 Å². The lowest BCUT2D eigenvalue weighted by Gasteiger charge is -2.19. The van der Waals surface area contributed by atoms with E-state index in [2.05, 4.69) is 10.6 Å². The lowest BCUT2D eigenvalue weighted by Crippen LogP contribution is -2.39. The Kier molecular flexibility index (Phi) is 4.86. The Bertz CT molecular complexity index is 452. The van der Waals surface area contributed by atoms with Crippen molar-refractivity contribution in [1.82, 2.24) is 5.32 Å². The SMILES string of the molecule is CC(C)(C)OC(=O)NC(=O)CNc1ccc(F)cc1. The van der Waals surface area contributed by atoms with Crippen LogP contribution in [0.25, 0.3) is 0 Å². The van der Waals surface area contributed by atoms with Crippen LogP contribution in [0.3, 0.4) is 0 Å². The van der Waals surface area contributed by atoms with Gasteiger partial charge < -0.3 is 10.1 Å². The van der Waals surface area contributed by atoms with Gasteiger partial charge in [0, 0.05) is 5.69 Å². The maximum atomic E-state index is 12.6. The molecule has 0 aliphatic heterocycles. The minimum absolute atomic E-state index is 0.106. The second-order valence-corrected chi connectivity index (χ2v) is 4.91. The highest BCUT2D eigenvalue weighted by Gasteiger charge is 2.17. The highest BCUT2D eigenvalue weighted by atomic mass is 19.1. The Morgan fingerprint density at radius 3 is 2.32 bits per heavy atom. The molecule has 5 nitrogen and oxygen atoms in total. The molecule has 1 rings (SSSR count). The molecule has 2 N–H and O–H groups in total. The number of alkyl carbamates (subject to hydrolysis) is 1. The molecule has 0 saturated heterocycles. The Labute approximate surface area is 111 Å². The van der Waals surface area contributed by atoms with Crippen molar-refractivity contribution in [3.63, 3.8) is 0 Å². The van der Waals surface area contributed by atoms with Gasteiger partial charge in [-0.05, 0) is 45.0 Å². The molecule has 0 atom stereocenters. The third-order valence-electron chi connectivity index (χ3n) is 1.94. The molecule has 0 heterocycles. The van der Waals surface area contributed by atoms with Gasteiger partial charge in [-0.15, -0.1) is 0 Å². The van der Waals surface area contributed by atoms with Crippen LogP contribution in [0.4, 0.5) is 14.9 Å². The van der Waals surface area contributed by atoms with E-state index in [0.29, 0.717) is 5.69 Å². The largest absolute Gasteiger partial charge is 0.444 e. The molecule has 6 heteroatoms. The zero-order chi connectivity index (χ0) is 14.5. The summed E-state index contributed by atoms with van der Waals surface area (Å²) in [5.41, 5.74) is -0.0740. The Morgan fingerprint density at radius 2 is 1.79 bits per heavy atom. The van der Waals surface area contributed by atoms with Gasteiger partial charge in [0.2, 0.25) is 5.91 Å². The van der Waals surface area contributed by atoms with Crippen LogP contribution in [0.15, 0.2) is 24.3 Å². The number of imide groups is 1. The Hall–Kier alpha value is -2.11. The van der Waals surface area contributed by atoms with E-state index in [-0.39, 0.29) is 12.4 Å². The van der Waals surface area contributed by atoms with Crippen LogP contribution in [0.1, 0.15) is 20.8 Å². The summed E-state index contributed by atoms with van der Waals surface area (Å²) >= 11 is 0. The van der Waals surface area contributed by atoms with Crippen molar-refractivity contribution < 1.29 is 18.7 Å². The number of carbonyl (C=O) groups is 2. The lowest BCUT2D eigenvalue weighted by atomic mass is 10.2. The van der Waals surface area contributed by atoms with Gasteiger partial charge in [-0.25, -0.2) is 9.18 Å². The van der Waals surface area contributed by atoms with Crippen LogP contribution in [0.5, 0.6) is 0 Å². The summed E-state index contributed by atoms with van der Waals surface area (Å²) in [6, 6.07) is 5.54. The van der Waals surface area contributed by atoms with Crippen LogP contribution in [-0.4, -0.2) is 24.1 Å². The Morgan fingerprint density at radius 1 is 1.21 bits per heavy atom. The first-order valence-corrected chi connectivity index (χ1v) is 5.78. The molecular weight excluding hydrogens is 251 g/mol. The van der Waals surface area contributed by atoms with Crippen molar-refractivity contribution in [1.29, 1.82) is 0 Å². The van der Waals surface area contributed by atoms with E-state index in [1.165, 1.54) is 24.3 Å². The third kappa shape index (κ3) is 6.40. The third-order valence-corrected chi connectivity index (χ3v) is 1.94. The smallest absolute Gasteiger partial charge is 0.414 e. The number of benzene rings is 1. The lowest BCUT2D eigenvalue weighted by molar-refractivity contribution is -0.119. The number of halogens is 1. The van der Waals surface area contributed by atoms with Crippen molar-refractivity contribution in [2.24, 2.45) is 0 Å². The van der Waals surface area contributed by atoms with Crippen LogP contribution < -0.4 is 10.6 Å². The topological polar surface area (TPSA) is 67.4 Å². The molecule has 0 aromatic heterocycles. The van der Waals surface area contributed by atoms with E-state index in [1.807, 2.05) is 0 Å². The van der Waals surface area contributed by atoms with Crippen molar-refractivity contribution in [2.75, 3.05) is 11.9 Å². The molecule has 0 saturated carbocycles. The number of amides is 2. The summed E-state index contributed by atoms with van der Waals surface area (Å²) in [6.07, 6.45) is -0.793. The van der Waals surface area contributed by atoms with E-state index < -0.39 is 17.6 Å². The zero-order valence-corrected chi connectivity index (χ0v) is 11.1. The Balaban J connectivity index is 2.36. The number of hydrogen-bond donors (Lipinski definition) is 2. The van der Waals surface area contributed by atoms with E-state index >= 15 is 0 Å². The number of rotatable bonds is 3. The average Bonchev–Trinajstić information content (AvgIpc) is 2.25. The van der Waals surface area contributed by atoms with E-state index in [4.69, 9.17) is 4.74 Å². The maximum Gasteiger partial charge on any atom is 0.414 e.